The third-order valence-electron chi connectivity index (χ3n) is 4.57. The molecule has 0 saturated carbocycles. The minimum atomic E-state index is -0.702. The van der Waals surface area contributed by atoms with Gasteiger partial charge in [0.25, 0.3) is 0 Å². The zero-order valence-electron chi connectivity index (χ0n) is 15.2. The quantitative estimate of drug-likeness (QED) is 0.842. The van der Waals surface area contributed by atoms with Crippen molar-refractivity contribution in [3.05, 3.63) is 23.9 Å². The predicted octanol–water partition coefficient (Wildman–Crippen LogP) is 3.42. The maximum atomic E-state index is 12.3. The molecule has 138 valence electrons. The zero-order valence-corrected chi connectivity index (χ0v) is 15.2. The molecule has 3 rings (SSSR count). The molecule has 25 heavy (non-hydrogen) atoms. The molecule has 1 aromatic heterocycles. The van der Waals surface area contributed by atoms with Crippen LogP contribution in [-0.4, -0.2) is 35.0 Å². The summed E-state index contributed by atoms with van der Waals surface area (Å²) >= 11 is 0. The summed E-state index contributed by atoms with van der Waals surface area (Å²) in [5, 5.41) is 7.18. The van der Waals surface area contributed by atoms with Crippen molar-refractivity contribution in [3.63, 3.8) is 0 Å². The van der Waals surface area contributed by atoms with Crippen molar-refractivity contribution in [2.75, 3.05) is 13.2 Å². The molecule has 1 atom stereocenters. The number of rotatable bonds is 3. The number of nitrogens with one attached hydrogen (secondary N) is 1. The molecular formula is C18H27N3O4. The van der Waals surface area contributed by atoms with Gasteiger partial charge in [-0.3, -0.25) is 0 Å². The van der Waals surface area contributed by atoms with E-state index in [-0.39, 0.29) is 5.92 Å². The SMILES string of the molecule is CC(C)(C)OC(=O)NC1(c2noc(C3CC=CCC3)n2)CCOCC1. The molecule has 1 amide bonds. The smallest absolute Gasteiger partial charge is 0.408 e. The number of nitrogens with zero attached hydrogens (tertiary/aromatic N) is 2. The minimum absolute atomic E-state index is 0.254. The highest BCUT2D eigenvalue weighted by Crippen LogP contribution is 2.34. The number of allylic oxidation sites excluding steroid dienone is 2. The Kier molecular flexibility index (Phi) is 5.13. The van der Waals surface area contributed by atoms with Gasteiger partial charge < -0.3 is 19.3 Å². The summed E-state index contributed by atoms with van der Waals surface area (Å²) in [6.45, 7) is 6.59. The van der Waals surface area contributed by atoms with E-state index in [2.05, 4.69) is 27.6 Å². The summed E-state index contributed by atoms with van der Waals surface area (Å²) in [7, 11) is 0. The first-order valence-corrected chi connectivity index (χ1v) is 8.96. The van der Waals surface area contributed by atoms with Crippen LogP contribution in [0.15, 0.2) is 16.7 Å². The molecule has 7 nitrogen and oxygen atoms in total. The molecule has 0 spiro atoms. The van der Waals surface area contributed by atoms with Gasteiger partial charge in [-0.05, 0) is 40.0 Å². The lowest BCUT2D eigenvalue weighted by Crippen LogP contribution is -2.51. The molecule has 7 heteroatoms. The molecule has 1 aliphatic heterocycles. The topological polar surface area (TPSA) is 86.5 Å². The van der Waals surface area contributed by atoms with Gasteiger partial charge in [0, 0.05) is 32.0 Å². The van der Waals surface area contributed by atoms with E-state index < -0.39 is 17.2 Å². The van der Waals surface area contributed by atoms with Crippen LogP contribution in [0.2, 0.25) is 0 Å². The van der Waals surface area contributed by atoms with Gasteiger partial charge in [0.15, 0.2) is 5.82 Å². The molecule has 1 fully saturated rings. The third-order valence-corrected chi connectivity index (χ3v) is 4.57. The number of amides is 1. The molecule has 1 N–H and O–H groups in total. The van der Waals surface area contributed by atoms with E-state index in [0.29, 0.717) is 37.8 Å². The molecule has 2 aliphatic rings. The highest BCUT2D eigenvalue weighted by molar-refractivity contribution is 5.69. The standard InChI is InChI=1S/C18H27N3O4/c1-17(2,3)24-16(22)20-18(9-11-23-12-10-18)15-19-14(25-21-15)13-7-5-4-6-8-13/h4-5,13H,6-12H2,1-3H3,(H,20,22). The van der Waals surface area contributed by atoms with Crippen molar-refractivity contribution >= 4 is 6.09 Å². The summed E-state index contributed by atoms with van der Waals surface area (Å²) in [4.78, 5) is 17.0. The number of ether oxygens (including phenoxy) is 2. The molecular weight excluding hydrogens is 322 g/mol. The maximum absolute atomic E-state index is 12.3. The Bertz CT molecular complexity index is 627. The monoisotopic (exact) mass is 349 g/mol. The molecule has 0 radical (unpaired) electrons. The first-order valence-electron chi connectivity index (χ1n) is 8.96. The second-order valence-electron chi connectivity index (χ2n) is 7.76. The van der Waals surface area contributed by atoms with Crippen LogP contribution in [0.1, 0.15) is 70.5 Å². The second-order valence-corrected chi connectivity index (χ2v) is 7.76. The second kappa shape index (κ2) is 7.15. The van der Waals surface area contributed by atoms with Crippen LogP contribution in [-0.2, 0) is 15.0 Å². The van der Waals surface area contributed by atoms with E-state index in [4.69, 9.17) is 14.0 Å². The lowest BCUT2D eigenvalue weighted by molar-refractivity contribution is 0.0126. The van der Waals surface area contributed by atoms with Crippen molar-refractivity contribution in [2.24, 2.45) is 0 Å². The minimum Gasteiger partial charge on any atom is -0.444 e. The van der Waals surface area contributed by atoms with Crippen molar-refractivity contribution in [1.29, 1.82) is 0 Å². The highest BCUT2D eigenvalue weighted by Gasteiger charge is 2.42. The van der Waals surface area contributed by atoms with E-state index in [1.54, 1.807) is 0 Å². The number of aromatic nitrogens is 2. The molecule has 1 aromatic rings. The Labute approximate surface area is 148 Å². The summed E-state index contributed by atoms with van der Waals surface area (Å²) in [5.74, 6) is 1.42. The Hall–Kier alpha value is -1.89. The fourth-order valence-corrected chi connectivity index (χ4v) is 3.24. The first kappa shape index (κ1) is 17.9. The van der Waals surface area contributed by atoms with Crippen molar-refractivity contribution < 1.29 is 18.8 Å². The van der Waals surface area contributed by atoms with Crippen LogP contribution in [0, 0.1) is 0 Å². The van der Waals surface area contributed by atoms with Crippen molar-refractivity contribution in [2.45, 2.75) is 69.9 Å². The molecule has 1 aliphatic carbocycles. The predicted molar refractivity (Wildman–Crippen MR) is 91.1 cm³/mol. The number of hydrogen-bond donors (Lipinski definition) is 1. The highest BCUT2D eigenvalue weighted by atomic mass is 16.6. The number of carbonyl (C=O) groups is 1. The van der Waals surface area contributed by atoms with Gasteiger partial charge in [-0.25, -0.2) is 4.79 Å². The van der Waals surface area contributed by atoms with Crippen LogP contribution in [0.4, 0.5) is 4.79 Å². The van der Waals surface area contributed by atoms with Crippen LogP contribution in [0.3, 0.4) is 0 Å². The third kappa shape index (κ3) is 4.39. The van der Waals surface area contributed by atoms with E-state index in [1.807, 2.05) is 20.8 Å². The number of carbonyl (C=O) groups excluding carboxylic acids is 1. The largest absolute Gasteiger partial charge is 0.444 e. The van der Waals surface area contributed by atoms with Crippen LogP contribution < -0.4 is 5.32 Å². The maximum Gasteiger partial charge on any atom is 0.408 e. The molecule has 1 unspecified atom stereocenters. The van der Waals surface area contributed by atoms with Gasteiger partial charge in [0.05, 0.1) is 0 Å². The van der Waals surface area contributed by atoms with Gasteiger partial charge in [-0.2, -0.15) is 4.98 Å². The zero-order chi connectivity index (χ0) is 17.9. The Morgan fingerprint density at radius 3 is 2.72 bits per heavy atom. The fourth-order valence-electron chi connectivity index (χ4n) is 3.24. The lowest BCUT2D eigenvalue weighted by Gasteiger charge is -2.35. The van der Waals surface area contributed by atoms with Gasteiger partial charge in [0.1, 0.15) is 11.1 Å². The molecule has 1 saturated heterocycles. The molecule has 0 aromatic carbocycles. The lowest BCUT2D eigenvalue weighted by atomic mass is 9.89. The number of hydrogen-bond acceptors (Lipinski definition) is 6. The Balaban J connectivity index is 1.79. The fraction of sp³-hybridized carbons (Fsp3) is 0.722. The van der Waals surface area contributed by atoms with Gasteiger partial charge in [-0.1, -0.05) is 17.3 Å². The van der Waals surface area contributed by atoms with Crippen LogP contribution in [0.25, 0.3) is 0 Å². The van der Waals surface area contributed by atoms with Crippen LogP contribution >= 0.6 is 0 Å². The van der Waals surface area contributed by atoms with Gasteiger partial charge in [-0.15, -0.1) is 0 Å². The summed E-state index contributed by atoms with van der Waals surface area (Å²) in [6, 6.07) is 0. The van der Waals surface area contributed by atoms with Gasteiger partial charge >= 0.3 is 6.09 Å². The van der Waals surface area contributed by atoms with E-state index in [0.717, 1.165) is 19.3 Å². The Morgan fingerprint density at radius 1 is 1.32 bits per heavy atom. The van der Waals surface area contributed by atoms with Crippen LogP contribution in [0.5, 0.6) is 0 Å². The number of alkyl carbamates (subject to hydrolysis) is 1. The average Bonchev–Trinajstić information content (AvgIpc) is 3.05. The average molecular weight is 349 g/mol. The van der Waals surface area contributed by atoms with E-state index >= 15 is 0 Å². The normalized spacial score (nSPS) is 23.2. The summed E-state index contributed by atoms with van der Waals surface area (Å²) in [5.41, 5.74) is -1.26. The van der Waals surface area contributed by atoms with E-state index in [9.17, 15) is 4.79 Å². The van der Waals surface area contributed by atoms with E-state index in [1.165, 1.54) is 0 Å². The summed E-state index contributed by atoms with van der Waals surface area (Å²) < 4.78 is 16.4. The van der Waals surface area contributed by atoms with Crippen molar-refractivity contribution in [3.8, 4) is 0 Å². The van der Waals surface area contributed by atoms with Gasteiger partial charge in [0.2, 0.25) is 5.89 Å². The van der Waals surface area contributed by atoms with Crippen molar-refractivity contribution in [1.82, 2.24) is 15.5 Å². The first-order chi connectivity index (χ1) is 11.9. The molecule has 2 heterocycles. The summed E-state index contributed by atoms with van der Waals surface area (Å²) in [6.07, 6.45) is 7.99. The molecule has 0 bridgehead atoms. The Morgan fingerprint density at radius 2 is 2.08 bits per heavy atom.